The van der Waals surface area contributed by atoms with E-state index in [9.17, 15) is 4.80 Å². The second-order valence-corrected chi connectivity index (χ2v) is 5.33. The van der Waals surface area contributed by atoms with Crippen LogP contribution in [0.25, 0.3) is 0 Å². The topological polar surface area (TPSA) is 38.7 Å². The van der Waals surface area contributed by atoms with Crippen LogP contribution in [-0.2, 0) is 8.54 Å². The molecule has 1 aromatic carbocycles. The fraction of sp³-hybridized carbons (Fsp3) is 0.250. The highest BCUT2D eigenvalue weighted by Crippen LogP contribution is 2.01. The molecule has 0 aliphatic heterocycles. The number of hydrogen-bond donors (Lipinski definition) is 1. The van der Waals surface area contributed by atoms with Crippen molar-refractivity contribution >= 4 is 24.5 Å². The van der Waals surface area contributed by atoms with E-state index in [4.69, 9.17) is 8.54 Å². The van der Waals surface area contributed by atoms with Crippen LogP contribution in [0.15, 0.2) is 30.3 Å². The van der Waals surface area contributed by atoms with Crippen LogP contribution in [-0.4, -0.2) is 30.7 Å². The minimum absolute atomic E-state index is 0.419. The van der Waals surface area contributed by atoms with Gasteiger partial charge in [0.05, 0.1) is 0 Å². The molecule has 3 radical (unpaired) electrons. The summed E-state index contributed by atoms with van der Waals surface area (Å²) < 4.78 is 10.0. The van der Waals surface area contributed by atoms with Gasteiger partial charge >= 0.3 is 8.80 Å². The van der Waals surface area contributed by atoms with Gasteiger partial charge in [-0.1, -0.05) is 30.3 Å². The van der Waals surface area contributed by atoms with E-state index in [-0.39, 0.29) is 0 Å². The molecule has 1 atom stereocenters. The van der Waals surface area contributed by atoms with Gasteiger partial charge in [-0.05, 0) is 6.92 Å². The maximum Gasteiger partial charge on any atom is 0.523 e. The molecular formula is C8H11O3Si2. The van der Waals surface area contributed by atoms with Crippen molar-refractivity contribution in [3.63, 3.8) is 0 Å². The highest BCUT2D eigenvalue weighted by molar-refractivity contribution is 6.76. The number of benzene rings is 1. The van der Waals surface area contributed by atoms with Gasteiger partial charge in [-0.25, -0.2) is 0 Å². The molecular weight excluding hydrogens is 200 g/mol. The van der Waals surface area contributed by atoms with Gasteiger partial charge in [-0.3, -0.25) is 0 Å². The fourth-order valence-electron chi connectivity index (χ4n) is 1.02. The Morgan fingerprint density at radius 2 is 2.00 bits per heavy atom. The maximum absolute atomic E-state index is 9.94. The first-order valence-corrected chi connectivity index (χ1v) is 6.16. The molecule has 69 valence electrons. The molecule has 0 aromatic heterocycles. The minimum Gasteiger partial charge on any atom is -0.412 e. The van der Waals surface area contributed by atoms with Gasteiger partial charge in [0.1, 0.15) is 0 Å². The summed E-state index contributed by atoms with van der Waals surface area (Å²) >= 11 is 0. The Morgan fingerprint density at radius 3 is 2.46 bits per heavy atom. The van der Waals surface area contributed by atoms with E-state index in [0.29, 0.717) is 11.8 Å². The maximum atomic E-state index is 9.94. The second kappa shape index (κ2) is 4.68. The van der Waals surface area contributed by atoms with Crippen LogP contribution in [0.3, 0.4) is 0 Å². The molecule has 0 aliphatic rings. The second-order valence-electron chi connectivity index (χ2n) is 2.48. The molecule has 0 saturated carbocycles. The quantitative estimate of drug-likeness (QED) is 0.710. The van der Waals surface area contributed by atoms with Crippen molar-refractivity contribution in [3.05, 3.63) is 30.3 Å². The molecule has 0 amide bonds. The van der Waals surface area contributed by atoms with Crippen molar-refractivity contribution in [2.75, 3.05) is 6.61 Å². The third-order valence-corrected chi connectivity index (χ3v) is 4.47. The fourth-order valence-corrected chi connectivity index (χ4v) is 2.89. The van der Waals surface area contributed by atoms with Gasteiger partial charge < -0.3 is 13.3 Å². The largest absolute Gasteiger partial charge is 0.523 e. The molecule has 1 unspecified atom stereocenters. The molecule has 0 bridgehead atoms. The third kappa shape index (κ3) is 2.49. The van der Waals surface area contributed by atoms with Crippen molar-refractivity contribution in [2.24, 2.45) is 0 Å². The molecule has 3 nitrogen and oxygen atoms in total. The summed E-state index contributed by atoms with van der Waals surface area (Å²) in [7, 11) is -0.340. The Bertz CT molecular complexity index is 255. The summed E-state index contributed by atoms with van der Waals surface area (Å²) in [6.07, 6.45) is 0. The molecule has 0 aliphatic carbocycles. The Labute approximate surface area is 82.2 Å². The first kappa shape index (κ1) is 10.6. The van der Waals surface area contributed by atoms with Crippen molar-refractivity contribution in [2.45, 2.75) is 6.92 Å². The van der Waals surface area contributed by atoms with Gasteiger partial charge in [0, 0.05) is 11.8 Å². The first-order chi connectivity index (χ1) is 6.23. The number of rotatable bonds is 4. The van der Waals surface area contributed by atoms with Crippen LogP contribution in [0, 0.1) is 0 Å². The zero-order chi connectivity index (χ0) is 9.73. The summed E-state index contributed by atoms with van der Waals surface area (Å²) in [5.74, 6) is 0. The molecule has 5 heteroatoms. The SMILES string of the molecule is CCO[Si](O)(O[Si])c1ccccc1. The Kier molecular flexibility index (Phi) is 3.82. The van der Waals surface area contributed by atoms with E-state index >= 15 is 0 Å². The van der Waals surface area contributed by atoms with Gasteiger partial charge in [-0.2, -0.15) is 0 Å². The van der Waals surface area contributed by atoms with E-state index in [2.05, 4.69) is 10.5 Å². The summed E-state index contributed by atoms with van der Waals surface area (Å²) in [6.45, 7) is 2.23. The lowest BCUT2D eigenvalue weighted by molar-refractivity contribution is 0.187. The Morgan fingerprint density at radius 1 is 1.38 bits per heavy atom. The summed E-state index contributed by atoms with van der Waals surface area (Å²) in [4.78, 5) is 9.94. The van der Waals surface area contributed by atoms with E-state index in [1.54, 1.807) is 12.1 Å². The van der Waals surface area contributed by atoms with Crippen molar-refractivity contribution in [3.8, 4) is 0 Å². The Hall–Kier alpha value is -0.466. The van der Waals surface area contributed by atoms with E-state index in [1.807, 2.05) is 25.1 Å². The predicted molar refractivity (Wildman–Crippen MR) is 52.5 cm³/mol. The standard InChI is InChI=1S/C8H11O3Si2/c1-2-10-13(9,11-12)8-6-4-3-5-7-8/h3-7,9H,2H2,1H3. The third-order valence-electron chi connectivity index (χ3n) is 1.62. The summed E-state index contributed by atoms with van der Waals surface area (Å²) in [5.41, 5.74) is 0. The van der Waals surface area contributed by atoms with E-state index < -0.39 is 8.80 Å². The first-order valence-electron chi connectivity index (χ1n) is 3.99. The monoisotopic (exact) mass is 211 g/mol. The van der Waals surface area contributed by atoms with Crippen LogP contribution < -0.4 is 5.19 Å². The zero-order valence-corrected chi connectivity index (χ0v) is 9.36. The van der Waals surface area contributed by atoms with Crippen molar-refractivity contribution in [1.29, 1.82) is 0 Å². The molecule has 1 N–H and O–H groups in total. The van der Waals surface area contributed by atoms with Gasteiger partial charge in [0.15, 0.2) is 0 Å². The van der Waals surface area contributed by atoms with E-state index in [0.717, 1.165) is 0 Å². The van der Waals surface area contributed by atoms with Gasteiger partial charge in [0.2, 0.25) is 10.5 Å². The van der Waals surface area contributed by atoms with Crippen LogP contribution in [0.2, 0.25) is 0 Å². The summed E-state index contributed by atoms with van der Waals surface area (Å²) in [6, 6.07) is 9.09. The van der Waals surface area contributed by atoms with Gasteiger partial charge in [-0.15, -0.1) is 0 Å². The normalized spacial score (nSPS) is 15.3. The zero-order valence-electron chi connectivity index (χ0n) is 7.36. The Balaban J connectivity index is 2.89. The average molecular weight is 211 g/mol. The van der Waals surface area contributed by atoms with Crippen LogP contribution in [0.1, 0.15) is 6.92 Å². The lowest BCUT2D eigenvalue weighted by Crippen LogP contribution is -2.53. The van der Waals surface area contributed by atoms with Gasteiger partial charge in [0.25, 0.3) is 0 Å². The van der Waals surface area contributed by atoms with Crippen LogP contribution >= 0.6 is 0 Å². The average Bonchev–Trinajstić information content (AvgIpc) is 2.19. The predicted octanol–water partition coefficient (Wildman–Crippen LogP) is -0.0386. The highest BCUT2D eigenvalue weighted by atomic mass is 28.4. The van der Waals surface area contributed by atoms with E-state index in [1.165, 1.54) is 0 Å². The van der Waals surface area contributed by atoms with Crippen LogP contribution in [0.4, 0.5) is 0 Å². The molecule has 1 rings (SSSR count). The molecule has 0 saturated heterocycles. The summed E-state index contributed by atoms with van der Waals surface area (Å²) in [5, 5.41) is 0.687. The van der Waals surface area contributed by atoms with Crippen molar-refractivity contribution < 1.29 is 13.3 Å². The molecule has 0 fully saturated rings. The smallest absolute Gasteiger partial charge is 0.412 e. The number of hydrogen-bond acceptors (Lipinski definition) is 3. The lowest BCUT2D eigenvalue weighted by atomic mass is 10.4. The molecule has 13 heavy (non-hydrogen) atoms. The molecule has 0 heterocycles. The molecule has 1 aromatic rings. The van der Waals surface area contributed by atoms with Crippen LogP contribution in [0.5, 0.6) is 0 Å². The highest BCUT2D eigenvalue weighted by Gasteiger charge is 2.37. The molecule has 0 spiro atoms. The van der Waals surface area contributed by atoms with Crippen molar-refractivity contribution in [1.82, 2.24) is 0 Å². The lowest BCUT2D eigenvalue weighted by Gasteiger charge is -2.21. The minimum atomic E-state index is -3.19.